The fourth-order valence-electron chi connectivity index (χ4n) is 4.24. The summed E-state index contributed by atoms with van der Waals surface area (Å²) in [5.41, 5.74) is -3.00. The summed E-state index contributed by atoms with van der Waals surface area (Å²) in [6.07, 6.45) is -5.15. The Morgan fingerprint density at radius 3 is 2.18 bits per heavy atom. The molecule has 164 valence electrons. The fourth-order valence-corrected chi connectivity index (χ4v) is 4.24. The van der Waals surface area contributed by atoms with Crippen LogP contribution in [0.5, 0.6) is 0 Å². The van der Waals surface area contributed by atoms with Gasteiger partial charge in [0.05, 0.1) is 23.9 Å². The molecule has 2 rings (SSSR count). The van der Waals surface area contributed by atoms with Crippen molar-refractivity contribution < 1.29 is 39.7 Å². The highest BCUT2D eigenvalue weighted by Gasteiger charge is 2.58. The SMILES string of the molecule is C=CC1(C)CCC(O)(C(OC2OC(CO)C(O)C(O)C2O)C(C)C)C(C)(C)O1. The molecule has 2 fully saturated rings. The molecule has 8 heteroatoms. The van der Waals surface area contributed by atoms with Crippen LogP contribution >= 0.6 is 0 Å². The average molecular weight is 405 g/mol. The summed E-state index contributed by atoms with van der Waals surface area (Å²) in [7, 11) is 0. The Balaban J connectivity index is 2.29. The summed E-state index contributed by atoms with van der Waals surface area (Å²) in [5, 5.41) is 51.3. The summed E-state index contributed by atoms with van der Waals surface area (Å²) in [6.45, 7) is 12.5. The van der Waals surface area contributed by atoms with E-state index in [2.05, 4.69) is 6.58 Å². The van der Waals surface area contributed by atoms with Crippen LogP contribution in [-0.4, -0.2) is 85.8 Å². The van der Waals surface area contributed by atoms with Crippen molar-refractivity contribution in [2.75, 3.05) is 6.61 Å². The molecule has 0 radical (unpaired) electrons. The summed E-state index contributed by atoms with van der Waals surface area (Å²) < 4.78 is 17.6. The maximum atomic E-state index is 11.6. The van der Waals surface area contributed by atoms with E-state index in [1.165, 1.54) is 0 Å². The Morgan fingerprint density at radius 1 is 1.11 bits per heavy atom. The minimum atomic E-state index is -1.54. The van der Waals surface area contributed by atoms with Crippen molar-refractivity contribution in [1.29, 1.82) is 0 Å². The molecule has 28 heavy (non-hydrogen) atoms. The van der Waals surface area contributed by atoms with Gasteiger partial charge in [0.1, 0.15) is 30.0 Å². The van der Waals surface area contributed by atoms with Crippen LogP contribution < -0.4 is 0 Å². The molecular formula is C20H36O8. The van der Waals surface area contributed by atoms with Gasteiger partial charge in [-0.25, -0.2) is 0 Å². The van der Waals surface area contributed by atoms with Crippen LogP contribution in [0.1, 0.15) is 47.5 Å². The lowest BCUT2D eigenvalue weighted by molar-refractivity contribution is -0.351. The zero-order chi connectivity index (χ0) is 21.5. The first-order chi connectivity index (χ1) is 12.8. The molecule has 8 nitrogen and oxygen atoms in total. The van der Waals surface area contributed by atoms with Crippen molar-refractivity contribution >= 4 is 0 Å². The first-order valence-corrected chi connectivity index (χ1v) is 9.84. The highest BCUT2D eigenvalue weighted by atomic mass is 16.7. The van der Waals surface area contributed by atoms with Gasteiger partial charge in [-0.15, -0.1) is 6.58 Å². The van der Waals surface area contributed by atoms with Crippen molar-refractivity contribution in [3.05, 3.63) is 12.7 Å². The van der Waals surface area contributed by atoms with Crippen molar-refractivity contribution in [2.45, 2.75) is 101 Å². The Bertz CT molecular complexity index is 550. The van der Waals surface area contributed by atoms with Gasteiger partial charge in [0.25, 0.3) is 0 Å². The number of hydrogen-bond donors (Lipinski definition) is 5. The van der Waals surface area contributed by atoms with Crippen LogP contribution in [0.4, 0.5) is 0 Å². The van der Waals surface area contributed by atoms with Gasteiger partial charge in [-0.3, -0.25) is 0 Å². The van der Waals surface area contributed by atoms with E-state index in [-0.39, 0.29) is 5.92 Å². The van der Waals surface area contributed by atoms with E-state index in [0.29, 0.717) is 12.8 Å². The van der Waals surface area contributed by atoms with E-state index in [4.69, 9.17) is 14.2 Å². The van der Waals surface area contributed by atoms with Crippen LogP contribution in [0.15, 0.2) is 12.7 Å². The average Bonchev–Trinajstić information content (AvgIpc) is 2.62. The first kappa shape index (κ1) is 23.7. The van der Waals surface area contributed by atoms with Crippen molar-refractivity contribution in [2.24, 2.45) is 5.92 Å². The monoisotopic (exact) mass is 404 g/mol. The minimum absolute atomic E-state index is 0.187. The predicted octanol–water partition coefficient (Wildman–Crippen LogP) is 0.0923. The second-order valence-electron chi connectivity index (χ2n) is 9.05. The summed E-state index contributed by atoms with van der Waals surface area (Å²) in [4.78, 5) is 0. The third-order valence-corrected chi connectivity index (χ3v) is 6.17. The minimum Gasteiger partial charge on any atom is -0.394 e. The van der Waals surface area contributed by atoms with Crippen molar-refractivity contribution in [3.63, 3.8) is 0 Å². The lowest BCUT2D eigenvalue weighted by Crippen LogP contribution is -2.68. The number of aliphatic hydroxyl groups is 5. The lowest BCUT2D eigenvalue weighted by atomic mass is 9.69. The number of ether oxygens (including phenoxy) is 3. The fraction of sp³-hybridized carbons (Fsp3) is 0.900. The number of rotatable bonds is 6. The van der Waals surface area contributed by atoms with Gasteiger partial charge in [-0.1, -0.05) is 19.9 Å². The summed E-state index contributed by atoms with van der Waals surface area (Å²) in [6, 6.07) is 0. The molecule has 8 unspecified atom stereocenters. The molecule has 0 aromatic carbocycles. The molecule has 0 spiro atoms. The van der Waals surface area contributed by atoms with Crippen LogP contribution in [0.3, 0.4) is 0 Å². The third kappa shape index (κ3) is 4.15. The quantitative estimate of drug-likeness (QED) is 0.394. The molecule has 8 atom stereocenters. The van der Waals surface area contributed by atoms with Gasteiger partial charge >= 0.3 is 0 Å². The summed E-state index contributed by atoms with van der Waals surface area (Å²) in [5.74, 6) is -0.187. The van der Waals surface area contributed by atoms with Gasteiger partial charge in [-0.05, 0) is 39.5 Å². The molecule has 2 aliphatic rings. The van der Waals surface area contributed by atoms with Gasteiger partial charge in [-0.2, -0.15) is 0 Å². The molecule has 0 saturated carbocycles. The predicted molar refractivity (Wildman–Crippen MR) is 101 cm³/mol. The molecule has 0 aliphatic carbocycles. The molecule has 0 amide bonds. The topological polar surface area (TPSA) is 129 Å². The van der Waals surface area contributed by atoms with E-state index in [1.54, 1.807) is 19.9 Å². The molecule has 2 heterocycles. The molecule has 0 bridgehead atoms. The second kappa shape index (κ2) is 8.28. The first-order valence-electron chi connectivity index (χ1n) is 9.84. The second-order valence-corrected chi connectivity index (χ2v) is 9.05. The Kier molecular flexibility index (Phi) is 7.00. The molecular weight excluding hydrogens is 368 g/mol. The molecule has 0 aromatic heterocycles. The van der Waals surface area contributed by atoms with Gasteiger partial charge in [0.15, 0.2) is 6.29 Å². The standard InChI is InChI=1S/C20H36O8/c1-7-19(6)8-9-20(25,18(4,5)28-19)16(11(2)3)27-17-15(24)14(23)13(22)12(10-21)26-17/h7,11-17,21-25H,1,8-10H2,2-6H3. The zero-order valence-electron chi connectivity index (χ0n) is 17.4. The Hall–Kier alpha value is -0.580. The maximum absolute atomic E-state index is 11.6. The Morgan fingerprint density at radius 2 is 1.71 bits per heavy atom. The maximum Gasteiger partial charge on any atom is 0.187 e. The van der Waals surface area contributed by atoms with E-state index in [0.717, 1.165) is 0 Å². The third-order valence-electron chi connectivity index (χ3n) is 6.17. The summed E-state index contributed by atoms with van der Waals surface area (Å²) >= 11 is 0. The van der Waals surface area contributed by atoms with E-state index in [9.17, 15) is 25.5 Å². The molecule has 2 aliphatic heterocycles. The van der Waals surface area contributed by atoms with E-state index >= 15 is 0 Å². The van der Waals surface area contributed by atoms with Crippen LogP contribution in [0.2, 0.25) is 0 Å². The Labute approximate surface area is 166 Å². The van der Waals surface area contributed by atoms with Crippen LogP contribution in [0.25, 0.3) is 0 Å². The van der Waals surface area contributed by atoms with Crippen molar-refractivity contribution in [3.8, 4) is 0 Å². The van der Waals surface area contributed by atoms with Crippen LogP contribution in [0, 0.1) is 5.92 Å². The highest BCUT2D eigenvalue weighted by Crippen LogP contribution is 2.47. The molecule has 2 saturated heterocycles. The van der Waals surface area contributed by atoms with Crippen LogP contribution in [-0.2, 0) is 14.2 Å². The lowest BCUT2D eigenvalue weighted by Gasteiger charge is -2.56. The normalized spacial score (nSPS) is 45.0. The van der Waals surface area contributed by atoms with Gasteiger partial charge in [0, 0.05) is 0 Å². The van der Waals surface area contributed by atoms with Gasteiger partial charge < -0.3 is 39.7 Å². The molecule has 5 N–H and O–H groups in total. The zero-order valence-corrected chi connectivity index (χ0v) is 17.4. The van der Waals surface area contributed by atoms with Crippen molar-refractivity contribution in [1.82, 2.24) is 0 Å². The van der Waals surface area contributed by atoms with E-state index < -0.39 is 60.2 Å². The number of aliphatic hydroxyl groups excluding tert-OH is 4. The smallest absolute Gasteiger partial charge is 0.187 e. The van der Waals surface area contributed by atoms with Gasteiger partial charge in [0.2, 0.25) is 0 Å². The number of hydrogen-bond acceptors (Lipinski definition) is 8. The van der Waals surface area contributed by atoms with E-state index in [1.807, 2.05) is 20.8 Å². The largest absolute Gasteiger partial charge is 0.394 e. The highest BCUT2D eigenvalue weighted by molar-refractivity contribution is 5.11. The molecule has 0 aromatic rings.